The van der Waals surface area contributed by atoms with Gasteiger partial charge in [0, 0.05) is 13.5 Å². The van der Waals surface area contributed by atoms with Gasteiger partial charge in [-0.15, -0.1) is 0 Å². The van der Waals surface area contributed by atoms with Gasteiger partial charge in [0.25, 0.3) is 0 Å². The van der Waals surface area contributed by atoms with Crippen molar-refractivity contribution in [2.45, 2.75) is 38.5 Å². The minimum atomic E-state index is 0.713. The van der Waals surface area contributed by atoms with E-state index >= 15 is 0 Å². The standard InChI is InChI=1S/C11H20O2/c1-13-11-9-7-5-3-2-4-6-8-10-12/h7,9-10H,2-6,8,11H2,1H3. The number of carbonyl (C=O) groups excluding carboxylic acids is 1. The smallest absolute Gasteiger partial charge is 0.119 e. The third-order valence-electron chi connectivity index (χ3n) is 1.87. The molecule has 0 aliphatic heterocycles. The van der Waals surface area contributed by atoms with Crippen molar-refractivity contribution in [1.29, 1.82) is 0 Å². The van der Waals surface area contributed by atoms with Crippen LogP contribution in [0.4, 0.5) is 0 Å². The molecule has 13 heavy (non-hydrogen) atoms. The van der Waals surface area contributed by atoms with Crippen LogP contribution in [-0.4, -0.2) is 20.0 Å². The molecule has 2 nitrogen and oxygen atoms in total. The van der Waals surface area contributed by atoms with Crippen molar-refractivity contribution in [1.82, 2.24) is 0 Å². The van der Waals surface area contributed by atoms with Gasteiger partial charge in [-0.25, -0.2) is 0 Å². The summed E-state index contributed by atoms with van der Waals surface area (Å²) in [5, 5.41) is 0. The third kappa shape index (κ3) is 11.4. The van der Waals surface area contributed by atoms with Crippen LogP contribution in [0.2, 0.25) is 0 Å². The minimum absolute atomic E-state index is 0.713. The molecular formula is C11H20O2. The molecule has 0 N–H and O–H groups in total. The van der Waals surface area contributed by atoms with E-state index in [0.717, 1.165) is 25.5 Å². The second-order valence-corrected chi connectivity index (χ2v) is 3.08. The van der Waals surface area contributed by atoms with Crippen molar-refractivity contribution in [3.8, 4) is 0 Å². The highest BCUT2D eigenvalue weighted by molar-refractivity contribution is 5.48. The average molecular weight is 184 g/mol. The summed E-state index contributed by atoms with van der Waals surface area (Å²) in [6.45, 7) is 0.713. The Morgan fingerprint density at radius 1 is 1.00 bits per heavy atom. The van der Waals surface area contributed by atoms with Crippen molar-refractivity contribution < 1.29 is 9.53 Å². The predicted octanol–water partition coefficient (Wildman–Crippen LogP) is 2.73. The van der Waals surface area contributed by atoms with Gasteiger partial charge in [-0.2, -0.15) is 0 Å². The van der Waals surface area contributed by atoms with E-state index in [1.54, 1.807) is 7.11 Å². The molecule has 0 bridgehead atoms. The van der Waals surface area contributed by atoms with E-state index in [2.05, 4.69) is 6.08 Å². The van der Waals surface area contributed by atoms with E-state index in [4.69, 9.17) is 4.74 Å². The summed E-state index contributed by atoms with van der Waals surface area (Å²) in [5.41, 5.74) is 0. The van der Waals surface area contributed by atoms with Crippen LogP contribution in [0.3, 0.4) is 0 Å². The second-order valence-electron chi connectivity index (χ2n) is 3.08. The minimum Gasteiger partial charge on any atom is -0.381 e. The summed E-state index contributed by atoms with van der Waals surface area (Å²) in [4.78, 5) is 9.99. The Bertz CT molecular complexity index is 130. The molecular weight excluding hydrogens is 164 g/mol. The van der Waals surface area contributed by atoms with E-state index in [1.807, 2.05) is 6.08 Å². The first-order valence-corrected chi connectivity index (χ1v) is 4.99. The number of aldehydes is 1. The van der Waals surface area contributed by atoms with Crippen LogP contribution < -0.4 is 0 Å². The van der Waals surface area contributed by atoms with Gasteiger partial charge < -0.3 is 9.53 Å². The average Bonchev–Trinajstić information content (AvgIpc) is 2.16. The van der Waals surface area contributed by atoms with E-state index in [1.165, 1.54) is 19.3 Å². The zero-order chi connectivity index (χ0) is 9.78. The Labute approximate surface area is 81.0 Å². The molecule has 2 heteroatoms. The maximum absolute atomic E-state index is 9.99. The van der Waals surface area contributed by atoms with Crippen LogP contribution in [0.5, 0.6) is 0 Å². The highest BCUT2D eigenvalue weighted by Gasteiger charge is 1.87. The molecule has 76 valence electrons. The molecule has 0 unspecified atom stereocenters. The van der Waals surface area contributed by atoms with Crippen LogP contribution in [0.1, 0.15) is 38.5 Å². The van der Waals surface area contributed by atoms with Gasteiger partial charge in [0.2, 0.25) is 0 Å². The monoisotopic (exact) mass is 184 g/mol. The molecule has 0 aliphatic carbocycles. The first kappa shape index (κ1) is 12.4. The molecule has 0 aromatic heterocycles. The summed E-state index contributed by atoms with van der Waals surface area (Å²) >= 11 is 0. The van der Waals surface area contributed by atoms with Gasteiger partial charge in [0.15, 0.2) is 0 Å². The van der Waals surface area contributed by atoms with Crippen molar-refractivity contribution >= 4 is 6.29 Å². The summed E-state index contributed by atoms with van der Waals surface area (Å²) < 4.78 is 4.88. The van der Waals surface area contributed by atoms with E-state index in [9.17, 15) is 4.79 Å². The first-order chi connectivity index (χ1) is 6.41. The summed E-state index contributed by atoms with van der Waals surface area (Å²) in [5.74, 6) is 0. The maximum atomic E-state index is 9.99. The number of unbranched alkanes of at least 4 members (excludes halogenated alkanes) is 5. The molecule has 0 aromatic rings. The van der Waals surface area contributed by atoms with Crippen molar-refractivity contribution in [3.05, 3.63) is 12.2 Å². The van der Waals surface area contributed by atoms with Gasteiger partial charge >= 0.3 is 0 Å². The SMILES string of the molecule is COCC=CCCCCCCC=O. The van der Waals surface area contributed by atoms with Gasteiger partial charge in [-0.3, -0.25) is 0 Å². The highest BCUT2D eigenvalue weighted by atomic mass is 16.5. The number of hydrogen-bond acceptors (Lipinski definition) is 2. The lowest BCUT2D eigenvalue weighted by Crippen LogP contribution is -1.81. The number of allylic oxidation sites excluding steroid dienone is 1. The fourth-order valence-corrected chi connectivity index (χ4v) is 1.13. The van der Waals surface area contributed by atoms with E-state index in [0.29, 0.717) is 6.61 Å². The second kappa shape index (κ2) is 11.4. The Hall–Kier alpha value is -0.630. The fraction of sp³-hybridized carbons (Fsp3) is 0.727. The molecule has 0 atom stereocenters. The number of methoxy groups -OCH3 is 1. The molecule has 0 heterocycles. The molecule has 0 aliphatic rings. The lowest BCUT2D eigenvalue weighted by molar-refractivity contribution is -0.107. The zero-order valence-corrected chi connectivity index (χ0v) is 8.50. The summed E-state index contributed by atoms with van der Waals surface area (Å²) in [7, 11) is 1.70. The maximum Gasteiger partial charge on any atom is 0.119 e. The van der Waals surface area contributed by atoms with Crippen molar-refractivity contribution in [2.75, 3.05) is 13.7 Å². The number of rotatable bonds is 9. The highest BCUT2D eigenvalue weighted by Crippen LogP contribution is 2.04. The fourth-order valence-electron chi connectivity index (χ4n) is 1.13. The third-order valence-corrected chi connectivity index (χ3v) is 1.87. The zero-order valence-electron chi connectivity index (χ0n) is 8.50. The molecule has 0 fully saturated rings. The van der Waals surface area contributed by atoms with Crippen LogP contribution in [0.25, 0.3) is 0 Å². The molecule has 0 saturated carbocycles. The normalized spacial score (nSPS) is 10.8. The van der Waals surface area contributed by atoms with Crippen LogP contribution >= 0.6 is 0 Å². The van der Waals surface area contributed by atoms with Gasteiger partial charge in [-0.05, 0) is 19.3 Å². The predicted molar refractivity (Wildman–Crippen MR) is 54.8 cm³/mol. The molecule has 0 rings (SSSR count). The topological polar surface area (TPSA) is 26.3 Å². The Morgan fingerprint density at radius 2 is 1.69 bits per heavy atom. The Morgan fingerprint density at radius 3 is 2.31 bits per heavy atom. The van der Waals surface area contributed by atoms with Gasteiger partial charge in [-0.1, -0.05) is 25.0 Å². The largest absolute Gasteiger partial charge is 0.381 e. The lowest BCUT2D eigenvalue weighted by Gasteiger charge is -1.95. The Balaban J connectivity index is 2.94. The van der Waals surface area contributed by atoms with Crippen LogP contribution in [0.15, 0.2) is 12.2 Å². The Kier molecular flexibility index (Phi) is 10.8. The molecule has 0 aromatic carbocycles. The van der Waals surface area contributed by atoms with Crippen LogP contribution in [0, 0.1) is 0 Å². The molecule has 0 saturated heterocycles. The van der Waals surface area contributed by atoms with Crippen molar-refractivity contribution in [3.63, 3.8) is 0 Å². The van der Waals surface area contributed by atoms with E-state index in [-0.39, 0.29) is 0 Å². The molecule has 0 spiro atoms. The van der Waals surface area contributed by atoms with E-state index < -0.39 is 0 Å². The number of ether oxygens (including phenoxy) is 1. The van der Waals surface area contributed by atoms with Gasteiger partial charge in [0.05, 0.1) is 6.61 Å². The van der Waals surface area contributed by atoms with Crippen LogP contribution in [-0.2, 0) is 9.53 Å². The summed E-state index contributed by atoms with van der Waals surface area (Å²) in [6.07, 6.45) is 11.7. The number of carbonyl (C=O) groups is 1. The van der Waals surface area contributed by atoms with Crippen molar-refractivity contribution in [2.24, 2.45) is 0 Å². The summed E-state index contributed by atoms with van der Waals surface area (Å²) in [6, 6.07) is 0. The lowest BCUT2D eigenvalue weighted by atomic mass is 10.1. The van der Waals surface area contributed by atoms with Gasteiger partial charge in [0.1, 0.15) is 6.29 Å². The number of hydrogen-bond donors (Lipinski definition) is 0. The molecule has 0 radical (unpaired) electrons. The first-order valence-electron chi connectivity index (χ1n) is 4.99. The quantitative estimate of drug-likeness (QED) is 0.313. The molecule has 0 amide bonds.